The van der Waals surface area contributed by atoms with E-state index in [1.54, 1.807) is 6.07 Å². The van der Waals surface area contributed by atoms with Gasteiger partial charge in [-0.25, -0.2) is 9.97 Å². The summed E-state index contributed by atoms with van der Waals surface area (Å²) >= 11 is 0. The normalized spacial score (nSPS) is 18.5. The fraction of sp³-hybridized carbons (Fsp3) is 0.444. The van der Waals surface area contributed by atoms with E-state index in [4.69, 9.17) is 11.0 Å². The van der Waals surface area contributed by atoms with E-state index in [0.717, 1.165) is 19.3 Å². The van der Waals surface area contributed by atoms with Gasteiger partial charge in [0.2, 0.25) is 0 Å². The smallest absolute Gasteiger partial charge is 0.274 e. The summed E-state index contributed by atoms with van der Waals surface area (Å²) in [4.78, 5) is 20.6. The van der Waals surface area contributed by atoms with Gasteiger partial charge in [-0.3, -0.25) is 4.79 Å². The van der Waals surface area contributed by atoms with E-state index < -0.39 is 0 Å². The number of rotatable bonds is 6. The standard InChI is InChI=1S/C18H23N9O/c1-10(2)23-18(28)17-14(24-12-4-3-11(20)5-12)6-15(26-27-17)25-16-9-21-13(7-19)8-22-16/h6,8-12H,3-5,20H2,1-2H3,(H,23,28)(H2,22,24,25,26). The number of nitrogens with zero attached hydrogens (tertiary/aromatic N) is 5. The molecular formula is C18H23N9O. The zero-order chi connectivity index (χ0) is 20.1. The molecule has 0 saturated heterocycles. The average molecular weight is 381 g/mol. The summed E-state index contributed by atoms with van der Waals surface area (Å²) in [5.74, 6) is 0.531. The van der Waals surface area contributed by atoms with Crippen LogP contribution in [0.4, 0.5) is 17.3 Å². The molecule has 3 rings (SSSR count). The number of carbonyl (C=O) groups is 1. The van der Waals surface area contributed by atoms with E-state index in [0.29, 0.717) is 17.3 Å². The minimum atomic E-state index is -0.294. The van der Waals surface area contributed by atoms with Gasteiger partial charge in [0.15, 0.2) is 17.2 Å². The average Bonchev–Trinajstić information content (AvgIpc) is 3.06. The van der Waals surface area contributed by atoms with Gasteiger partial charge >= 0.3 is 0 Å². The molecule has 28 heavy (non-hydrogen) atoms. The first kappa shape index (κ1) is 19.4. The highest BCUT2D eigenvalue weighted by molar-refractivity contribution is 5.98. The molecule has 146 valence electrons. The van der Waals surface area contributed by atoms with E-state index >= 15 is 0 Å². The highest BCUT2D eigenvalue weighted by Gasteiger charge is 2.24. The van der Waals surface area contributed by atoms with E-state index in [9.17, 15) is 4.79 Å². The monoisotopic (exact) mass is 381 g/mol. The molecule has 2 atom stereocenters. The van der Waals surface area contributed by atoms with Crippen molar-refractivity contribution in [1.29, 1.82) is 5.26 Å². The third kappa shape index (κ3) is 4.89. The van der Waals surface area contributed by atoms with Gasteiger partial charge in [0.1, 0.15) is 11.9 Å². The van der Waals surface area contributed by atoms with Crippen LogP contribution in [0.1, 0.15) is 49.3 Å². The van der Waals surface area contributed by atoms with Crippen LogP contribution in [-0.2, 0) is 0 Å². The number of nitrogens with two attached hydrogens (primary N) is 1. The predicted octanol–water partition coefficient (Wildman–Crippen LogP) is 1.31. The maximum atomic E-state index is 12.5. The lowest BCUT2D eigenvalue weighted by molar-refractivity contribution is 0.0938. The SMILES string of the molecule is CC(C)NC(=O)c1nnc(Nc2cnc(C#N)cn2)cc1NC1CCC(N)C1. The van der Waals surface area contributed by atoms with Crippen LogP contribution in [0.15, 0.2) is 18.5 Å². The number of anilines is 3. The van der Waals surface area contributed by atoms with Gasteiger partial charge < -0.3 is 21.7 Å². The van der Waals surface area contributed by atoms with Crippen molar-refractivity contribution in [1.82, 2.24) is 25.5 Å². The molecule has 0 spiro atoms. The summed E-state index contributed by atoms with van der Waals surface area (Å²) in [6.45, 7) is 3.77. The largest absolute Gasteiger partial charge is 0.380 e. The third-order valence-electron chi connectivity index (χ3n) is 4.28. The van der Waals surface area contributed by atoms with Crippen LogP contribution in [-0.4, -0.2) is 44.2 Å². The van der Waals surface area contributed by atoms with Gasteiger partial charge in [0.05, 0.1) is 18.1 Å². The van der Waals surface area contributed by atoms with E-state index in [1.165, 1.54) is 12.4 Å². The Morgan fingerprint density at radius 2 is 2.07 bits per heavy atom. The fourth-order valence-corrected chi connectivity index (χ4v) is 3.01. The van der Waals surface area contributed by atoms with Crippen LogP contribution in [0.3, 0.4) is 0 Å². The molecule has 1 aliphatic carbocycles. The molecule has 0 radical (unpaired) electrons. The molecule has 1 fully saturated rings. The zero-order valence-electron chi connectivity index (χ0n) is 15.8. The summed E-state index contributed by atoms with van der Waals surface area (Å²) in [5.41, 5.74) is 7.03. The molecule has 5 N–H and O–H groups in total. The molecular weight excluding hydrogens is 358 g/mol. The molecule has 10 heteroatoms. The minimum absolute atomic E-state index is 0.0197. The van der Waals surface area contributed by atoms with Gasteiger partial charge in [-0.15, -0.1) is 10.2 Å². The Morgan fingerprint density at radius 1 is 1.25 bits per heavy atom. The molecule has 2 heterocycles. The highest BCUT2D eigenvalue weighted by atomic mass is 16.2. The molecule has 0 aromatic carbocycles. The maximum Gasteiger partial charge on any atom is 0.274 e. The number of aromatic nitrogens is 4. The van der Waals surface area contributed by atoms with Crippen molar-refractivity contribution in [3.63, 3.8) is 0 Å². The Hall–Kier alpha value is -3.32. The van der Waals surface area contributed by atoms with E-state index in [2.05, 4.69) is 36.1 Å². The lowest BCUT2D eigenvalue weighted by Crippen LogP contribution is -2.32. The van der Waals surface area contributed by atoms with Crippen LogP contribution in [0, 0.1) is 11.3 Å². The Bertz CT molecular complexity index is 876. The summed E-state index contributed by atoms with van der Waals surface area (Å²) in [6, 6.07) is 3.94. The molecule has 2 unspecified atom stereocenters. The Kier molecular flexibility index (Phi) is 5.96. The molecule has 1 amide bonds. The number of nitrogens with one attached hydrogen (secondary N) is 3. The van der Waals surface area contributed by atoms with Crippen LogP contribution < -0.4 is 21.7 Å². The number of nitriles is 1. The van der Waals surface area contributed by atoms with Gasteiger partial charge in [0.25, 0.3) is 5.91 Å². The highest BCUT2D eigenvalue weighted by Crippen LogP contribution is 2.25. The lowest BCUT2D eigenvalue weighted by atomic mass is 10.2. The summed E-state index contributed by atoms with van der Waals surface area (Å²) < 4.78 is 0. The van der Waals surface area contributed by atoms with Crippen molar-refractivity contribution in [2.24, 2.45) is 5.73 Å². The molecule has 0 bridgehead atoms. The first-order valence-corrected chi connectivity index (χ1v) is 9.14. The van der Waals surface area contributed by atoms with Crippen LogP contribution in [0.5, 0.6) is 0 Å². The Balaban J connectivity index is 1.84. The Labute approximate surface area is 163 Å². The number of amides is 1. The van der Waals surface area contributed by atoms with Gasteiger partial charge in [-0.05, 0) is 33.1 Å². The second-order valence-corrected chi connectivity index (χ2v) is 7.06. The van der Waals surface area contributed by atoms with Crippen molar-refractivity contribution in [3.8, 4) is 6.07 Å². The first-order chi connectivity index (χ1) is 13.4. The third-order valence-corrected chi connectivity index (χ3v) is 4.28. The first-order valence-electron chi connectivity index (χ1n) is 9.14. The molecule has 0 aliphatic heterocycles. The quantitative estimate of drug-likeness (QED) is 0.579. The van der Waals surface area contributed by atoms with Crippen molar-refractivity contribution in [2.45, 2.75) is 51.2 Å². The van der Waals surface area contributed by atoms with Crippen molar-refractivity contribution < 1.29 is 4.79 Å². The van der Waals surface area contributed by atoms with Gasteiger partial charge in [-0.2, -0.15) is 5.26 Å². The van der Waals surface area contributed by atoms with Gasteiger partial charge in [-0.1, -0.05) is 0 Å². The molecule has 1 saturated carbocycles. The van der Waals surface area contributed by atoms with Crippen LogP contribution >= 0.6 is 0 Å². The van der Waals surface area contributed by atoms with Gasteiger partial charge in [0, 0.05) is 24.2 Å². The lowest BCUT2D eigenvalue weighted by Gasteiger charge is -2.18. The summed E-state index contributed by atoms with van der Waals surface area (Å²) in [6.07, 6.45) is 5.49. The maximum absolute atomic E-state index is 12.5. The van der Waals surface area contributed by atoms with E-state index in [-0.39, 0.29) is 35.4 Å². The Morgan fingerprint density at radius 3 is 2.68 bits per heavy atom. The van der Waals surface area contributed by atoms with Crippen molar-refractivity contribution in [3.05, 3.63) is 29.8 Å². The number of carbonyl (C=O) groups excluding carboxylic acids is 1. The van der Waals surface area contributed by atoms with Crippen molar-refractivity contribution >= 4 is 23.2 Å². The zero-order valence-corrected chi connectivity index (χ0v) is 15.8. The molecule has 2 aromatic heterocycles. The minimum Gasteiger partial charge on any atom is -0.380 e. The fourth-order valence-electron chi connectivity index (χ4n) is 3.01. The predicted molar refractivity (Wildman–Crippen MR) is 104 cm³/mol. The molecule has 10 nitrogen and oxygen atoms in total. The second-order valence-electron chi connectivity index (χ2n) is 7.06. The topological polar surface area (TPSA) is 155 Å². The molecule has 2 aromatic rings. The summed E-state index contributed by atoms with van der Waals surface area (Å²) in [7, 11) is 0. The van der Waals surface area contributed by atoms with E-state index in [1.807, 2.05) is 19.9 Å². The second kappa shape index (κ2) is 8.58. The number of hydrogen-bond donors (Lipinski definition) is 4. The summed E-state index contributed by atoms with van der Waals surface area (Å²) in [5, 5.41) is 26.2. The number of hydrogen-bond acceptors (Lipinski definition) is 9. The van der Waals surface area contributed by atoms with Crippen molar-refractivity contribution in [2.75, 3.05) is 10.6 Å². The van der Waals surface area contributed by atoms with Crippen LogP contribution in [0.25, 0.3) is 0 Å². The molecule has 1 aliphatic rings. The van der Waals surface area contributed by atoms with Crippen LogP contribution in [0.2, 0.25) is 0 Å².